The van der Waals surface area contributed by atoms with E-state index in [1.54, 1.807) is 13.0 Å². The van der Waals surface area contributed by atoms with E-state index in [-0.39, 0.29) is 17.8 Å². The number of rotatable bonds is 5. The molecule has 0 aliphatic carbocycles. The smallest absolute Gasteiger partial charge is 0.240 e. The second-order valence-electron chi connectivity index (χ2n) is 6.41. The summed E-state index contributed by atoms with van der Waals surface area (Å²) in [7, 11) is 0. The quantitative estimate of drug-likeness (QED) is 0.878. The summed E-state index contributed by atoms with van der Waals surface area (Å²) in [5.74, 6) is -0.332. The Morgan fingerprint density at radius 2 is 2.32 bits per heavy atom. The molecule has 0 aromatic heterocycles. The van der Waals surface area contributed by atoms with Crippen LogP contribution in [0.2, 0.25) is 0 Å². The Balaban J connectivity index is 1.98. The fourth-order valence-electron chi connectivity index (χ4n) is 2.99. The van der Waals surface area contributed by atoms with Crippen LogP contribution in [0.1, 0.15) is 39.5 Å². The van der Waals surface area contributed by atoms with Crippen molar-refractivity contribution in [1.29, 1.82) is 0 Å². The number of benzene rings is 1. The average molecular weight is 307 g/mol. The lowest BCUT2D eigenvalue weighted by Gasteiger charge is -2.36. The molecule has 2 rings (SSSR count). The number of hydrogen-bond acceptors (Lipinski definition) is 3. The van der Waals surface area contributed by atoms with Gasteiger partial charge in [-0.2, -0.15) is 0 Å². The van der Waals surface area contributed by atoms with E-state index >= 15 is 0 Å². The highest BCUT2D eigenvalue weighted by Crippen LogP contribution is 2.21. The molecule has 5 heteroatoms. The molecular weight excluding hydrogens is 281 g/mol. The Morgan fingerprint density at radius 3 is 3.00 bits per heavy atom. The Labute approximate surface area is 131 Å². The lowest BCUT2D eigenvalue weighted by Crippen LogP contribution is -2.57. The third kappa shape index (κ3) is 4.19. The number of carbonyl (C=O) groups is 1. The summed E-state index contributed by atoms with van der Waals surface area (Å²) < 4.78 is 13.4. The van der Waals surface area contributed by atoms with E-state index in [2.05, 4.69) is 10.2 Å². The molecule has 0 radical (unpaired) electrons. The first kappa shape index (κ1) is 16.7. The van der Waals surface area contributed by atoms with Gasteiger partial charge in [-0.25, -0.2) is 4.39 Å². The van der Waals surface area contributed by atoms with Crippen molar-refractivity contribution in [1.82, 2.24) is 5.32 Å². The van der Waals surface area contributed by atoms with Crippen molar-refractivity contribution in [3.8, 4) is 0 Å². The van der Waals surface area contributed by atoms with Gasteiger partial charge in [-0.15, -0.1) is 0 Å². The summed E-state index contributed by atoms with van der Waals surface area (Å²) in [6.07, 6.45) is 3.44. The van der Waals surface area contributed by atoms with Crippen molar-refractivity contribution in [2.45, 2.75) is 51.1 Å². The first-order valence-corrected chi connectivity index (χ1v) is 8.03. The van der Waals surface area contributed by atoms with E-state index in [1.807, 2.05) is 13.0 Å². The van der Waals surface area contributed by atoms with Gasteiger partial charge in [0.1, 0.15) is 5.82 Å². The highest BCUT2D eigenvalue weighted by atomic mass is 19.1. The summed E-state index contributed by atoms with van der Waals surface area (Å²) in [6.45, 7) is 5.37. The molecule has 1 aliphatic heterocycles. The average Bonchev–Trinajstić information content (AvgIpc) is 2.47. The van der Waals surface area contributed by atoms with Gasteiger partial charge in [0.05, 0.1) is 5.54 Å². The number of nitrogens with one attached hydrogen (secondary N) is 1. The zero-order valence-electron chi connectivity index (χ0n) is 13.4. The fraction of sp³-hybridized carbons (Fsp3) is 0.588. The molecule has 4 nitrogen and oxygen atoms in total. The van der Waals surface area contributed by atoms with Crippen LogP contribution in [-0.4, -0.2) is 30.6 Å². The molecule has 0 saturated carbocycles. The molecule has 2 atom stereocenters. The SMILES string of the molecule is CCCC(C)(N)C(=O)NC1CCCN(c2cccc(F)c2)C1. The van der Waals surface area contributed by atoms with Crippen molar-refractivity contribution >= 4 is 11.6 Å². The van der Waals surface area contributed by atoms with Crippen LogP contribution in [0.25, 0.3) is 0 Å². The maximum absolute atomic E-state index is 13.4. The Hall–Kier alpha value is -1.62. The fourth-order valence-corrected chi connectivity index (χ4v) is 2.99. The normalized spacial score (nSPS) is 21.3. The standard InChI is InChI=1S/C17H26FN3O/c1-3-9-17(2,19)16(22)20-14-7-5-10-21(12-14)15-8-4-6-13(18)11-15/h4,6,8,11,14H,3,5,7,9-10,12,19H2,1-2H3,(H,20,22). The third-order valence-electron chi connectivity index (χ3n) is 4.22. The molecule has 1 aromatic rings. The summed E-state index contributed by atoms with van der Waals surface area (Å²) >= 11 is 0. The topological polar surface area (TPSA) is 58.4 Å². The van der Waals surface area contributed by atoms with Crippen LogP contribution >= 0.6 is 0 Å². The Kier molecular flexibility index (Phi) is 5.40. The van der Waals surface area contributed by atoms with Crippen molar-refractivity contribution in [3.63, 3.8) is 0 Å². The number of halogens is 1. The third-order valence-corrected chi connectivity index (χ3v) is 4.22. The molecule has 1 amide bonds. The van der Waals surface area contributed by atoms with E-state index in [0.717, 1.165) is 31.5 Å². The lowest BCUT2D eigenvalue weighted by molar-refractivity contribution is -0.126. The maximum Gasteiger partial charge on any atom is 0.240 e. The molecule has 1 saturated heterocycles. The molecule has 0 spiro atoms. The van der Waals surface area contributed by atoms with Gasteiger partial charge in [0.15, 0.2) is 0 Å². The second kappa shape index (κ2) is 7.09. The van der Waals surface area contributed by atoms with Crippen molar-refractivity contribution in [3.05, 3.63) is 30.1 Å². The molecule has 2 unspecified atom stereocenters. The summed E-state index contributed by atoms with van der Waals surface area (Å²) in [6, 6.07) is 6.65. The molecular formula is C17H26FN3O. The van der Waals surface area contributed by atoms with E-state index < -0.39 is 5.54 Å². The van der Waals surface area contributed by atoms with E-state index in [9.17, 15) is 9.18 Å². The Morgan fingerprint density at radius 1 is 1.55 bits per heavy atom. The molecule has 1 fully saturated rings. The van der Waals surface area contributed by atoms with Crippen LogP contribution in [0.3, 0.4) is 0 Å². The maximum atomic E-state index is 13.4. The van der Waals surface area contributed by atoms with Crippen molar-refractivity contribution < 1.29 is 9.18 Å². The predicted molar refractivity (Wildman–Crippen MR) is 87.3 cm³/mol. The predicted octanol–water partition coefficient (Wildman–Crippen LogP) is 2.43. The number of hydrogen-bond donors (Lipinski definition) is 2. The van der Waals surface area contributed by atoms with Gasteiger partial charge < -0.3 is 16.0 Å². The molecule has 3 N–H and O–H groups in total. The number of nitrogens with two attached hydrogens (primary N) is 1. The minimum atomic E-state index is -0.824. The number of piperidine rings is 1. The molecule has 1 heterocycles. The molecule has 1 aliphatic rings. The van der Waals surface area contributed by atoms with Gasteiger partial charge in [-0.3, -0.25) is 4.79 Å². The summed E-state index contributed by atoms with van der Waals surface area (Å²) in [5, 5.41) is 3.06. The van der Waals surface area contributed by atoms with Crippen LogP contribution in [-0.2, 0) is 4.79 Å². The van der Waals surface area contributed by atoms with Crippen LogP contribution in [0, 0.1) is 5.82 Å². The highest BCUT2D eigenvalue weighted by Gasteiger charge is 2.30. The number of anilines is 1. The van der Waals surface area contributed by atoms with Crippen LogP contribution in [0.5, 0.6) is 0 Å². The summed E-state index contributed by atoms with van der Waals surface area (Å²) in [5.41, 5.74) is 6.12. The zero-order valence-corrected chi connectivity index (χ0v) is 13.4. The minimum Gasteiger partial charge on any atom is -0.369 e. The number of amides is 1. The van der Waals surface area contributed by atoms with Crippen LogP contribution in [0.4, 0.5) is 10.1 Å². The van der Waals surface area contributed by atoms with Gasteiger partial charge >= 0.3 is 0 Å². The lowest BCUT2D eigenvalue weighted by atomic mass is 9.95. The van der Waals surface area contributed by atoms with Crippen LogP contribution in [0.15, 0.2) is 24.3 Å². The first-order valence-electron chi connectivity index (χ1n) is 8.03. The zero-order chi connectivity index (χ0) is 16.2. The molecule has 0 bridgehead atoms. The van der Waals surface area contributed by atoms with Gasteiger partial charge in [0.2, 0.25) is 5.91 Å². The van der Waals surface area contributed by atoms with E-state index in [0.29, 0.717) is 13.0 Å². The monoisotopic (exact) mass is 307 g/mol. The van der Waals surface area contributed by atoms with E-state index in [4.69, 9.17) is 5.73 Å². The highest BCUT2D eigenvalue weighted by molar-refractivity contribution is 5.85. The summed E-state index contributed by atoms with van der Waals surface area (Å²) in [4.78, 5) is 14.4. The number of carbonyl (C=O) groups excluding carboxylic acids is 1. The largest absolute Gasteiger partial charge is 0.369 e. The van der Waals surface area contributed by atoms with Crippen molar-refractivity contribution in [2.24, 2.45) is 5.73 Å². The van der Waals surface area contributed by atoms with Gasteiger partial charge in [-0.1, -0.05) is 19.4 Å². The second-order valence-corrected chi connectivity index (χ2v) is 6.41. The van der Waals surface area contributed by atoms with Crippen LogP contribution < -0.4 is 16.0 Å². The van der Waals surface area contributed by atoms with Crippen molar-refractivity contribution in [2.75, 3.05) is 18.0 Å². The Bertz CT molecular complexity index is 518. The van der Waals surface area contributed by atoms with Gasteiger partial charge in [0.25, 0.3) is 0 Å². The minimum absolute atomic E-state index is 0.0595. The first-order chi connectivity index (χ1) is 10.4. The van der Waals surface area contributed by atoms with E-state index in [1.165, 1.54) is 12.1 Å². The molecule has 22 heavy (non-hydrogen) atoms. The van der Waals surface area contributed by atoms with Gasteiger partial charge in [-0.05, 0) is 44.4 Å². The molecule has 122 valence electrons. The molecule has 1 aromatic carbocycles. The van der Waals surface area contributed by atoms with Gasteiger partial charge in [0, 0.05) is 24.8 Å². The number of nitrogens with zero attached hydrogens (tertiary/aromatic N) is 1.